The smallest absolute Gasteiger partial charge is 0.324 e. The SMILES string of the molecule is CCN1C(=O)N(CC)C(O)C1O.CNC. The average Bonchev–Trinajstić information content (AvgIpc) is 2.40. The van der Waals surface area contributed by atoms with Gasteiger partial charge in [-0.2, -0.15) is 0 Å². The first-order valence-electron chi connectivity index (χ1n) is 5.06. The van der Waals surface area contributed by atoms with E-state index in [1.165, 1.54) is 9.80 Å². The van der Waals surface area contributed by atoms with Crippen LogP contribution < -0.4 is 5.32 Å². The fourth-order valence-electron chi connectivity index (χ4n) is 1.36. The van der Waals surface area contributed by atoms with E-state index in [2.05, 4.69) is 5.32 Å². The lowest BCUT2D eigenvalue weighted by molar-refractivity contribution is -0.0639. The summed E-state index contributed by atoms with van der Waals surface area (Å²) in [5, 5.41) is 21.4. The van der Waals surface area contributed by atoms with Crippen LogP contribution in [0.15, 0.2) is 0 Å². The van der Waals surface area contributed by atoms with Crippen molar-refractivity contribution in [2.24, 2.45) is 0 Å². The van der Waals surface area contributed by atoms with Gasteiger partial charge in [0, 0.05) is 13.1 Å². The molecule has 15 heavy (non-hydrogen) atoms. The lowest BCUT2D eigenvalue weighted by Crippen LogP contribution is -2.36. The summed E-state index contributed by atoms with van der Waals surface area (Å²) in [5.41, 5.74) is 0. The van der Waals surface area contributed by atoms with Crippen molar-refractivity contribution < 1.29 is 15.0 Å². The Morgan fingerprint density at radius 2 is 1.40 bits per heavy atom. The first kappa shape index (κ1) is 14.2. The first-order chi connectivity index (χ1) is 7.04. The lowest BCUT2D eigenvalue weighted by Gasteiger charge is -2.16. The zero-order valence-corrected chi connectivity index (χ0v) is 9.77. The van der Waals surface area contributed by atoms with Crippen LogP contribution in [0.3, 0.4) is 0 Å². The molecule has 6 heteroatoms. The summed E-state index contributed by atoms with van der Waals surface area (Å²) in [6, 6.07) is -0.306. The van der Waals surface area contributed by atoms with Crippen molar-refractivity contribution >= 4 is 6.03 Å². The van der Waals surface area contributed by atoms with Crippen molar-refractivity contribution in [2.75, 3.05) is 27.2 Å². The Morgan fingerprint density at radius 3 is 1.53 bits per heavy atom. The molecule has 2 atom stereocenters. The van der Waals surface area contributed by atoms with E-state index in [0.717, 1.165) is 0 Å². The number of amides is 2. The summed E-state index contributed by atoms with van der Waals surface area (Å²) >= 11 is 0. The fourth-order valence-corrected chi connectivity index (χ4v) is 1.36. The maximum atomic E-state index is 11.3. The van der Waals surface area contributed by atoms with Gasteiger partial charge >= 0.3 is 6.03 Å². The number of urea groups is 1. The van der Waals surface area contributed by atoms with Crippen LogP contribution in [-0.4, -0.2) is 65.7 Å². The highest BCUT2D eigenvalue weighted by Crippen LogP contribution is 2.18. The molecule has 0 aromatic heterocycles. The van der Waals surface area contributed by atoms with Gasteiger partial charge in [0.1, 0.15) is 0 Å². The Labute approximate surface area is 90.5 Å². The topological polar surface area (TPSA) is 76.0 Å². The van der Waals surface area contributed by atoms with Crippen molar-refractivity contribution in [2.45, 2.75) is 26.3 Å². The number of hydrogen-bond donors (Lipinski definition) is 3. The van der Waals surface area contributed by atoms with Crippen LogP contribution in [0.2, 0.25) is 0 Å². The Bertz CT molecular complexity index is 183. The van der Waals surface area contributed by atoms with Gasteiger partial charge in [0.2, 0.25) is 0 Å². The van der Waals surface area contributed by atoms with Crippen molar-refractivity contribution in [3.05, 3.63) is 0 Å². The predicted octanol–water partition coefficient (Wildman–Crippen LogP) is -0.764. The molecular weight excluding hydrogens is 198 g/mol. The molecule has 2 amide bonds. The third-order valence-corrected chi connectivity index (χ3v) is 2.08. The molecular formula is C9H21N3O3. The maximum absolute atomic E-state index is 11.3. The molecule has 1 aliphatic rings. The van der Waals surface area contributed by atoms with Gasteiger partial charge in [-0.15, -0.1) is 0 Å². The molecule has 0 aromatic rings. The summed E-state index contributed by atoms with van der Waals surface area (Å²) in [7, 11) is 3.75. The molecule has 1 fully saturated rings. The predicted molar refractivity (Wildman–Crippen MR) is 57.2 cm³/mol. The van der Waals surface area contributed by atoms with Crippen molar-refractivity contribution in [1.82, 2.24) is 15.1 Å². The minimum atomic E-state index is -1.08. The zero-order valence-electron chi connectivity index (χ0n) is 9.77. The zero-order chi connectivity index (χ0) is 12.0. The van der Waals surface area contributed by atoms with Gasteiger partial charge in [-0.25, -0.2) is 4.79 Å². The quantitative estimate of drug-likeness (QED) is 0.570. The van der Waals surface area contributed by atoms with Gasteiger partial charge < -0.3 is 15.5 Å². The van der Waals surface area contributed by atoms with E-state index in [4.69, 9.17) is 0 Å². The van der Waals surface area contributed by atoms with E-state index in [1.807, 2.05) is 14.1 Å². The molecule has 0 aromatic carbocycles. The van der Waals surface area contributed by atoms with Gasteiger partial charge in [-0.3, -0.25) is 9.80 Å². The molecule has 1 heterocycles. The van der Waals surface area contributed by atoms with Gasteiger partial charge in [0.25, 0.3) is 0 Å². The average molecular weight is 219 g/mol. The van der Waals surface area contributed by atoms with E-state index in [0.29, 0.717) is 13.1 Å². The first-order valence-corrected chi connectivity index (χ1v) is 5.06. The van der Waals surface area contributed by atoms with Gasteiger partial charge in [0.05, 0.1) is 0 Å². The molecule has 90 valence electrons. The Kier molecular flexibility index (Phi) is 6.23. The number of aliphatic hydroxyl groups is 2. The van der Waals surface area contributed by atoms with Gasteiger partial charge in [-0.1, -0.05) is 0 Å². The number of rotatable bonds is 2. The number of carbonyl (C=O) groups excluding carboxylic acids is 1. The molecule has 0 aliphatic carbocycles. The Balaban J connectivity index is 0.000000583. The van der Waals surface area contributed by atoms with E-state index >= 15 is 0 Å². The molecule has 2 unspecified atom stereocenters. The second-order valence-corrected chi connectivity index (χ2v) is 3.18. The van der Waals surface area contributed by atoms with Crippen molar-refractivity contribution in [3.8, 4) is 0 Å². The minimum absolute atomic E-state index is 0.306. The van der Waals surface area contributed by atoms with Crippen LogP contribution in [0.1, 0.15) is 13.8 Å². The summed E-state index contributed by atoms with van der Waals surface area (Å²) in [6.07, 6.45) is -2.16. The summed E-state index contributed by atoms with van der Waals surface area (Å²) < 4.78 is 0. The van der Waals surface area contributed by atoms with Crippen molar-refractivity contribution in [3.63, 3.8) is 0 Å². The fraction of sp³-hybridized carbons (Fsp3) is 0.889. The van der Waals surface area contributed by atoms with Crippen LogP contribution in [0.5, 0.6) is 0 Å². The van der Waals surface area contributed by atoms with E-state index < -0.39 is 12.5 Å². The second-order valence-electron chi connectivity index (χ2n) is 3.18. The normalized spacial score (nSPS) is 25.3. The number of likely N-dealkylation sites (N-methyl/N-ethyl adjacent to an activating group) is 2. The van der Waals surface area contributed by atoms with E-state index in [-0.39, 0.29) is 6.03 Å². The molecule has 0 spiro atoms. The van der Waals surface area contributed by atoms with Gasteiger partial charge in [0.15, 0.2) is 12.5 Å². The number of carbonyl (C=O) groups is 1. The summed E-state index contributed by atoms with van der Waals surface area (Å²) in [6.45, 7) is 4.33. The largest absolute Gasteiger partial charge is 0.369 e. The van der Waals surface area contributed by atoms with Gasteiger partial charge in [-0.05, 0) is 27.9 Å². The summed E-state index contributed by atoms with van der Waals surface area (Å²) in [4.78, 5) is 13.8. The minimum Gasteiger partial charge on any atom is -0.369 e. The standard InChI is InChI=1S/C7H14N2O3.C2H7N/c1-3-8-5(10)6(11)9(4-2)7(8)12;1-3-2/h5-6,10-11H,3-4H2,1-2H3;3H,1-2H3. The summed E-state index contributed by atoms with van der Waals surface area (Å²) in [5.74, 6) is 0. The van der Waals surface area contributed by atoms with Crippen LogP contribution in [0.4, 0.5) is 4.79 Å². The number of nitrogens with zero attached hydrogens (tertiary/aromatic N) is 2. The molecule has 0 saturated carbocycles. The Morgan fingerprint density at radius 1 is 1.13 bits per heavy atom. The molecule has 0 radical (unpaired) electrons. The molecule has 1 rings (SSSR count). The molecule has 0 bridgehead atoms. The third kappa shape index (κ3) is 3.05. The highest BCUT2D eigenvalue weighted by molar-refractivity contribution is 5.77. The van der Waals surface area contributed by atoms with E-state index in [9.17, 15) is 15.0 Å². The van der Waals surface area contributed by atoms with Crippen LogP contribution in [0, 0.1) is 0 Å². The molecule has 1 aliphatic heterocycles. The third-order valence-electron chi connectivity index (χ3n) is 2.08. The molecule has 6 nitrogen and oxygen atoms in total. The van der Waals surface area contributed by atoms with Crippen molar-refractivity contribution in [1.29, 1.82) is 0 Å². The number of aliphatic hydroxyl groups excluding tert-OH is 2. The highest BCUT2D eigenvalue weighted by atomic mass is 16.4. The number of nitrogens with one attached hydrogen (secondary N) is 1. The van der Waals surface area contributed by atoms with E-state index in [1.54, 1.807) is 13.8 Å². The molecule has 3 N–H and O–H groups in total. The second kappa shape index (κ2) is 6.60. The Hall–Kier alpha value is -0.850. The molecule has 1 saturated heterocycles. The lowest BCUT2D eigenvalue weighted by atomic mass is 10.4. The van der Waals surface area contributed by atoms with Crippen LogP contribution >= 0.6 is 0 Å². The monoisotopic (exact) mass is 219 g/mol. The van der Waals surface area contributed by atoms with Crippen LogP contribution in [-0.2, 0) is 0 Å². The number of hydrogen-bond acceptors (Lipinski definition) is 4. The van der Waals surface area contributed by atoms with Crippen LogP contribution in [0.25, 0.3) is 0 Å². The maximum Gasteiger partial charge on any atom is 0.324 e. The highest BCUT2D eigenvalue weighted by Gasteiger charge is 2.41.